The number of nitrogens with zero attached hydrogens (tertiary/aromatic N) is 3. The number of thioether (sulfide) groups is 1. The molecule has 0 radical (unpaired) electrons. The van der Waals surface area contributed by atoms with Crippen LogP contribution in [0.15, 0.2) is 66.3 Å². The summed E-state index contributed by atoms with van der Waals surface area (Å²) in [6.07, 6.45) is 12.3. The molecule has 7 rings (SSSR count). The van der Waals surface area contributed by atoms with E-state index in [2.05, 4.69) is 4.98 Å². The van der Waals surface area contributed by atoms with Crippen molar-refractivity contribution in [3.05, 3.63) is 74.7 Å². The lowest BCUT2D eigenvalue weighted by atomic mass is 9.79. The number of allylic oxidation sites excluding steroid dienone is 1. The lowest BCUT2D eigenvalue weighted by Gasteiger charge is -2.27. The van der Waals surface area contributed by atoms with Crippen LogP contribution in [0.1, 0.15) is 60.1 Å². The van der Waals surface area contributed by atoms with E-state index in [-0.39, 0.29) is 29.2 Å². The first-order chi connectivity index (χ1) is 18.7. The van der Waals surface area contributed by atoms with Crippen molar-refractivity contribution >= 4 is 51.0 Å². The van der Waals surface area contributed by atoms with Crippen molar-refractivity contribution in [1.82, 2.24) is 15.0 Å². The number of aromatic nitrogens is 2. The molecule has 0 unspecified atom stereocenters. The molecule has 8 nitrogen and oxygen atoms in total. The van der Waals surface area contributed by atoms with Gasteiger partial charge in [0.1, 0.15) is 22.4 Å². The lowest BCUT2D eigenvalue weighted by molar-refractivity contribution is -0.131. The summed E-state index contributed by atoms with van der Waals surface area (Å²) in [5, 5.41) is 7.63. The summed E-state index contributed by atoms with van der Waals surface area (Å²) in [6.45, 7) is 0. The van der Waals surface area contributed by atoms with E-state index in [0.29, 0.717) is 5.16 Å². The largest absolute Gasteiger partial charge is 0.467 e. The van der Waals surface area contributed by atoms with Gasteiger partial charge in [-0.2, -0.15) is 5.10 Å². The molecular formula is C28H26N4O4S2. The SMILES string of the molecule is O=C(CSc1nc2sc3c(c2c(=O)[nH]1)CCCC3)N1N=C2/C(=C\c3ccco3)CCC[C@H]2[C@@H]1c1ccco1. The summed E-state index contributed by atoms with van der Waals surface area (Å²) in [5.74, 6) is 1.51. The summed E-state index contributed by atoms with van der Waals surface area (Å²) in [6, 6.07) is 7.24. The van der Waals surface area contributed by atoms with E-state index in [1.807, 2.05) is 30.3 Å². The van der Waals surface area contributed by atoms with E-state index in [0.717, 1.165) is 83.5 Å². The van der Waals surface area contributed by atoms with Crippen molar-refractivity contribution in [3.63, 3.8) is 0 Å². The average Bonchev–Trinajstić information content (AvgIpc) is 3.72. The minimum absolute atomic E-state index is 0.0526. The zero-order chi connectivity index (χ0) is 25.6. The predicted molar refractivity (Wildman–Crippen MR) is 147 cm³/mol. The number of hydrazone groups is 1. The Morgan fingerprint density at radius 1 is 1.16 bits per heavy atom. The number of nitrogens with one attached hydrogen (secondary N) is 1. The molecule has 0 bridgehead atoms. The molecule has 2 atom stereocenters. The second-order valence-electron chi connectivity index (χ2n) is 9.92. The van der Waals surface area contributed by atoms with E-state index >= 15 is 0 Å². The smallest absolute Gasteiger partial charge is 0.260 e. The van der Waals surface area contributed by atoms with Crippen LogP contribution in [-0.2, 0) is 17.6 Å². The fourth-order valence-corrected chi connectivity index (χ4v) is 7.93. The number of furan rings is 2. The second kappa shape index (κ2) is 9.74. The fourth-order valence-electron chi connectivity index (χ4n) is 5.90. The summed E-state index contributed by atoms with van der Waals surface area (Å²) in [7, 11) is 0. The molecule has 1 amide bonds. The number of fused-ring (bicyclic) bond motifs is 4. The van der Waals surface area contributed by atoms with Gasteiger partial charge in [-0.3, -0.25) is 9.59 Å². The molecule has 1 aliphatic heterocycles. The van der Waals surface area contributed by atoms with Crippen LogP contribution in [0.25, 0.3) is 16.3 Å². The standard InChI is InChI=1S/C28H26N4O4S2/c33-22(15-37-28-29-26(34)23-18-8-1-2-11-21(18)38-27(23)30-28)32-25(20-10-5-13-36-20)19-9-3-6-16(24(19)31-32)14-17-7-4-12-35-17/h4-5,7,10,12-14,19,25H,1-3,6,8-9,11,15H2,(H,29,30,34)/b16-14-/t19-,25-/m1/s1. The van der Waals surface area contributed by atoms with Gasteiger partial charge in [-0.05, 0) is 86.4 Å². The molecule has 0 spiro atoms. The first kappa shape index (κ1) is 23.7. The summed E-state index contributed by atoms with van der Waals surface area (Å²) in [5.41, 5.74) is 3.06. The van der Waals surface area contributed by atoms with E-state index in [4.69, 9.17) is 18.9 Å². The third kappa shape index (κ3) is 4.16. The zero-order valence-corrected chi connectivity index (χ0v) is 22.3. The van der Waals surface area contributed by atoms with Gasteiger partial charge in [-0.15, -0.1) is 11.3 Å². The number of aryl methyl sites for hydroxylation is 2. The van der Waals surface area contributed by atoms with Crippen LogP contribution in [-0.4, -0.2) is 32.3 Å². The van der Waals surface area contributed by atoms with Gasteiger partial charge >= 0.3 is 0 Å². The van der Waals surface area contributed by atoms with E-state index in [1.165, 1.54) is 16.6 Å². The van der Waals surface area contributed by atoms with Gasteiger partial charge in [-0.25, -0.2) is 9.99 Å². The van der Waals surface area contributed by atoms with Crippen molar-refractivity contribution in [2.45, 2.75) is 56.1 Å². The maximum Gasteiger partial charge on any atom is 0.260 e. The minimum atomic E-state index is -0.299. The first-order valence-corrected chi connectivity index (χ1v) is 14.8. The number of aromatic amines is 1. The van der Waals surface area contributed by atoms with Crippen LogP contribution in [0.2, 0.25) is 0 Å². The van der Waals surface area contributed by atoms with Crippen molar-refractivity contribution in [2.24, 2.45) is 11.0 Å². The van der Waals surface area contributed by atoms with E-state index < -0.39 is 0 Å². The van der Waals surface area contributed by atoms with Crippen LogP contribution in [0, 0.1) is 5.92 Å². The van der Waals surface area contributed by atoms with Crippen LogP contribution in [0.3, 0.4) is 0 Å². The highest BCUT2D eigenvalue weighted by Gasteiger charge is 2.45. The van der Waals surface area contributed by atoms with Gasteiger partial charge in [0, 0.05) is 10.8 Å². The molecular weight excluding hydrogens is 520 g/mol. The Hall–Kier alpha value is -3.37. The Morgan fingerprint density at radius 2 is 2.03 bits per heavy atom. The van der Waals surface area contributed by atoms with Crippen molar-refractivity contribution in [3.8, 4) is 0 Å². The van der Waals surface area contributed by atoms with Gasteiger partial charge in [0.15, 0.2) is 5.16 Å². The van der Waals surface area contributed by atoms with E-state index in [1.54, 1.807) is 28.9 Å². The molecule has 5 heterocycles. The molecule has 4 aromatic rings. The molecule has 3 aliphatic rings. The lowest BCUT2D eigenvalue weighted by Crippen LogP contribution is -2.32. The van der Waals surface area contributed by atoms with Crippen LogP contribution >= 0.6 is 23.1 Å². The average molecular weight is 547 g/mol. The van der Waals surface area contributed by atoms with Crippen molar-refractivity contribution in [2.75, 3.05) is 5.75 Å². The van der Waals surface area contributed by atoms with E-state index in [9.17, 15) is 9.59 Å². The highest BCUT2D eigenvalue weighted by Crippen LogP contribution is 2.45. The second-order valence-corrected chi connectivity index (χ2v) is 12.0. The molecule has 2 aliphatic carbocycles. The molecule has 0 aromatic carbocycles. The molecule has 38 heavy (non-hydrogen) atoms. The van der Waals surface area contributed by atoms with Crippen LogP contribution in [0.5, 0.6) is 0 Å². The number of carbonyl (C=O) groups is 1. The Kier molecular flexibility index (Phi) is 6.08. The van der Waals surface area contributed by atoms with Gasteiger partial charge in [0.05, 0.1) is 29.4 Å². The van der Waals surface area contributed by atoms with Gasteiger partial charge in [0.25, 0.3) is 11.5 Å². The summed E-state index contributed by atoms with van der Waals surface area (Å²) in [4.78, 5) is 36.2. The maximum atomic E-state index is 13.6. The minimum Gasteiger partial charge on any atom is -0.467 e. The summed E-state index contributed by atoms with van der Waals surface area (Å²) < 4.78 is 11.3. The number of hydrogen-bond donors (Lipinski definition) is 1. The van der Waals surface area contributed by atoms with Crippen molar-refractivity contribution in [1.29, 1.82) is 0 Å². The topological polar surface area (TPSA) is 105 Å². The first-order valence-electron chi connectivity index (χ1n) is 13.0. The molecule has 4 aromatic heterocycles. The number of carbonyl (C=O) groups excluding carboxylic acids is 1. The van der Waals surface area contributed by atoms with Crippen LogP contribution in [0.4, 0.5) is 0 Å². The summed E-state index contributed by atoms with van der Waals surface area (Å²) >= 11 is 2.86. The monoisotopic (exact) mass is 546 g/mol. The number of amides is 1. The van der Waals surface area contributed by atoms with Crippen LogP contribution < -0.4 is 5.56 Å². The van der Waals surface area contributed by atoms with Crippen molar-refractivity contribution < 1.29 is 13.6 Å². The fraction of sp³-hybridized carbons (Fsp3) is 0.357. The predicted octanol–water partition coefficient (Wildman–Crippen LogP) is 5.96. The molecule has 1 saturated carbocycles. The highest BCUT2D eigenvalue weighted by molar-refractivity contribution is 7.99. The zero-order valence-electron chi connectivity index (χ0n) is 20.6. The Morgan fingerprint density at radius 3 is 2.87 bits per heavy atom. The number of hydrogen-bond acceptors (Lipinski definition) is 8. The molecule has 0 saturated heterocycles. The number of H-pyrrole nitrogens is 1. The molecule has 10 heteroatoms. The van der Waals surface area contributed by atoms with Gasteiger partial charge in [-0.1, -0.05) is 11.8 Å². The van der Waals surface area contributed by atoms with Gasteiger partial charge in [0.2, 0.25) is 0 Å². The Labute approximate surface area is 226 Å². The quantitative estimate of drug-likeness (QED) is 0.244. The maximum absolute atomic E-state index is 13.6. The van der Waals surface area contributed by atoms with Gasteiger partial charge < -0.3 is 13.8 Å². The third-order valence-electron chi connectivity index (χ3n) is 7.59. The molecule has 194 valence electrons. The normalized spacial score (nSPS) is 22.1. The molecule has 1 N–H and O–H groups in total. The third-order valence-corrected chi connectivity index (χ3v) is 9.63. The Balaban J connectivity index is 1.16. The highest BCUT2D eigenvalue weighted by atomic mass is 32.2. The Bertz CT molecular complexity index is 1610. The molecule has 1 fully saturated rings. The number of rotatable bonds is 5. The number of thiophene rings is 1.